The Balaban J connectivity index is 1.84. The minimum Gasteiger partial charge on any atom is -0.497 e. The number of hydrogen-bond donors (Lipinski definition) is 3. The van der Waals surface area contributed by atoms with Crippen LogP contribution in [0.3, 0.4) is 0 Å². The molecule has 0 atom stereocenters. The third-order valence-electron chi connectivity index (χ3n) is 6.24. The molecule has 200 valence electrons. The number of piperidine rings is 1. The Morgan fingerprint density at radius 2 is 1.89 bits per heavy atom. The van der Waals surface area contributed by atoms with Crippen LogP contribution in [0.4, 0.5) is 0 Å². The number of nitrogens with zero attached hydrogens (tertiary/aromatic N) is 1. The average Bonchev–Trinajstić information content (AvgIpc) is 2.82. The molecular weight excluding hydrogens is 500 g/mol. The van der Waals surface area contributed by atoms with Crippen molar-refractivity contribution in [1.82, 2.24) is 10.6 Å². The monoisotopic (exact) mass is 534 g/mol. The summed E-state index contributed by atoms with van der Waals surface area (Å²) in [6.07, 6.45) is 6.33. The van der Waals surface area contributed by atoms with E-state index in [1.807, 2.05) is 0 Å². The van der Waals surface area contributed by atoms with Gasteiger partial charge in [-0.1, -0.05) is 30.3 Å². The Kier molecular flexibility index (Phi) is 8.93. The van der Waals surface area contributed by atoms with Crippen LogP contribution in [0, 0.1) is 11.3 Å². The largest absolute Gasteiger partial charge is 0.497 e. The second kappa shape index (κ2) is 11.8. The molecule has 2 aromatic rings. The van der Waals surface area contributed by atoms with Crippen molar-refractivity contribution in [2.24, 2.45) is 5.73 Å². The summed E-state index contributed by atoms with van der Waals surface area (Å²) < 4.78 is 11.2. The van der Waals surface area contributed by atoms with Gasteiger partial charge in [0.25, 0.3) is 5.91 Å². The number of rotatable bonds is 8. The lowest BCUT2D eigenvalue weighted by Gasteiger charge is -2.46. The first-order valence-corrected chi connectivity index (χ1v) is 12.7. The van der Waals surface area contributed by atoms with Gasteiger partial charge in [0.15, 0.2) is 0 Å². The molecule has 0 spiro atoms. The van der Waals surface area contributed by atoms with E-state index in [2.05, 4.69) is 51.0 Å². The van der Waals surface area contributed by atoms with Gasteiger partial charge in [0, 0.05) is 28.2 Å². The fourth-order valence-electron chi connectivity index (χ4n) is 5.06. The van der Waals surface area contributed by atoms with Crippen molar-refractivity contribution >= 4 is 23.1 Å². The third-order valence-corrected chi connectivity index (χ3v) is 6.54. The van der Waals surface area contributed by atoms with Crippen molar-refractivity contribution < 1.29 is 14.3 Å². The van der Waals surface area contributed by atoms with E-state index >= 15 is 0 Å². The summed E-state index contributed by atoms with van der Waals surface area (Å²) in [5, 5.41) is 17.0. The van der Waals surface area contributed by atoms with Gasteiger partial charge in [-0.15, -0.1) is 0 Å². The van der Waals surface area contributed by atoms with Crippen LogP contribution < -0.4 is 21.1 Å². The number of nitrogens with two attached hydrogens (primary N) is 1. The van der Waals surface area contributed by atoms with Gasteiger partial charge >= 0.3 is 0 Å². The zero-order valence-corrected chi connectivity index (χ0v) is 23.3. The predicted octanol–water partition coefficient (Wildman–Crippen LogP) is 6.06. The molecule has 3 rings (SSSR count). The quantitative estimate of drug-likeness (QED) is 0.280. The number of amides is 1. The van der Waals surface area contributed by atoms with Crippen LogP contribution in [0.2, 0.25) is 5.02 Å². The molecule has 1 aliphatic rings. The first-order chi connectivity index (χ1) is 17.9. The molecule has 1 heterocycles. The summed E-state index contributed by atoms with van der Waals surface area (Å²) in [4.78, 5) is 13.0. The predicted molar refractivity (Wildman–Crippen MR) is 152 cm³/mol. The number of halogens is 1. The second-order valence-electron chi connectivity index (χ2n) is 10.6. The minimum atomic E-state index is -0.196. The summed E-state index contributed by atoms with van der Waals surface area (Å²) in [5.74, 6) is 0.838. The van der Waals surface area contributed by atoms with Crippen LogP contribution in [0.1, 0.15) is 62.0 Å². The molecule has 1 saturated heterocycles. The van der Waals surface area contributed by atoms with E-state index in [1.165, 1.54) is 13.3 Å². The van der Waals surface area contributed by atoms with Gasteiger partial charge in [0.1, 0.15) is 28.9 Å². The Morgan fingerprint density at radius 1 is 1.21 bits per heavy atom. The highest BCUT2D eigenvalue weighted by Crippen LogP contribution is 2.35. The summed E-state index contributed by atoms with van der Waals surface area (Å²) in [5.41, 5.74) is 7.38. The number of allylic oxidation sites excluding steroid dienone is 3. The van der Waals surface area contributed by atoms with Gasteiger partial charge in [-0.25, -0.2) is 0 Å². The van der Waals surface area contributed by atoms with E-state index < -0.39 is 0 Å². The Hall–Kier alpha value is -3.73. The van der Waals surface area contributed by atoms with Gasteiger partial charge < -0.3 is 25.8 Å². The molecule has 0 aromatic heterocycles. The van der Waals surface area contributed by atoms with E-state index in [4.69, 9.17) is 26.8 Å². The number of methoxy groups -OCH3 is 1. The number of nitriles is 1. The second-order valence-corrected chi connectivity index (χ2v) is 11.0. The Morgan fingerprint density at radius 3 is 2.47 bits per heavy atom. The van der Waals surface area contributed by atoms with Gasteiger partial charge in [-0.2, -0.15) is 5.26 Å². The molecule has 8 heteroatoms. The maximum atomic E-state index is 13.0. The smallest absolute Gasteiger partial charge is 0.251 e. The molecule has 1 fully saturated rings. The van der Waals surface area contributed by atoms with Gasteiger partial charge in [0.05, 0.1) is 12.1 Å². The topological polar surface area (TPSA) is 109 Å². The van der Waals surface area contributed by atoms with Gasteiger partial charge in [-0.3, -0.25) is 4.79 Å². The number of hydrogen-bond acceptors (Lipinski definition) is 6. The third kappa shape index (κ3) is 7.18. The van der Waals surface area contributed by atoms with Crippen molar-refractivity contribution in [1.29, 1.82) is 5.26 Å². The fourth-order valence-corrected chi connectivity index (χ4v) is 5.28. The van der Waals surface area contributed by atoms with Crippen molar-refractivity contribution in [3.63, 3.8) is 0 Å². The number of benzene rings is 2. The molecule has 1 aliphatic heterocycles. The average molecular weight is 535 g/mol. The van der Waals surface area contributed by atoms with E-state index in [-0.39, 0.29) is 33.6 Å². The first-order valence-electron chi connectivity index (χ1n) is 12.3. The van der Waals surface area contributed by atoms with Gasteiger partial charge in [0.2, 0.25) is 0 Å². The molecule has 0 bridgehead atoms. The van der Waals surface area contributed by atoms with E-state index in [9.17, 15) is 10.1 Å². The van der Waals surface area contributed by atoms with Crippen LogP contribution in [0.25, 0.3) is 5.57 Å². The van der Waals surface area contributed by atoms with Crippen molar-refractivity contribution in [2.75, 3.05) is 7.11 Å². The molecule has 38 heavy (non-hydrogen) atoms. The normalized spacial score (nSPS) is 17.0. The highest BCUT2D eigenvalue weighted by Gasteiger charge is 2.38. The number of ether oxygens (including phenoxy) is 2. The molecule has 2 aromatic carbocycles. The highest BCUT2D eigenvalue weighted by atomic mass is 35.5. The maximum Gasteiger partial charge on any atom is 0.251 e. The lowest BCUT2D eigenvalue weighted by Crippen LogP contribution is -2.62. The number of carbonyl (C=O) groups is 1. The standard InChI is InChI=1S/C30H35ClN4O3/c1-19(37-6)14-20(12-13-32)23-8-7-9-26(24(23)18-33)38-27-11-10-21(15-25(27)31)28(36)34-22-16-29(2,3)35-30(4,5)17-22/h7-15,22,35H,1,16-17,32H2,2-6H3,(H,34,36)/b13-12-,20-14+. The van der Waals surface area contributed by atoms with Crippen molar-refractivity contribution in [3.8, 4) is 17.6 Å². The summed E-state index contributed by atoms with van der Waals surface area (Å²) in [7, 11) is 1.51. The van der Waals surface area contributed by atoms with Crippen LogP contribution in [-0.4, -0.2) is 30.1 Å². The SMILES string of the molecule is C=C(/C=C(\C=C/N)c1cccc(Oc2ccc(C(=O)NC3CC(C)(C)NC(C)(C)C3)cc2Cl)c1C#N)OC. The zero-order chi connectivity index (χ0) is 28.1. The lowest BCUT2D eigenvalue weighted by molar-refractivity contribution is 0.0873. The molecule has 0 saturated carbocycles. The molecule has 0 unspecified atom stereocenters. The summed E-state index contributed by atoms with van der Waals surface area (Å²) >= 11 is 6.53. The van der Waals surface area contributed by atoms with Crippen molar-refractivity contribution in [2.45, 2.75) is 57.7 Å². The van der Waals surface area contributed by atoms with E-state index in [0.717, 1.165) is 12.8 Å². The van der Waals surface area contributed by atoms with Crippen LogP contribution in [-0.2, 0) is 4.74 Å². The minimum absolute atomic E-state index is 0.0309. The lowest BCUT2D eigenvalue weighted by atomic mass is 9.79. The van der Waals surface area contributed by atoms with Crippen LogP contribution in [0.5, 0.6) is 11.5 Å². The maximum absolute atomic E-state index is 13.0. The fraction of sp³-hybridized carbons (Fsp3) is 0.333. The Bertz CT molecular complexity index is 1310. The number of carbonyl (C=O) groups excluding carboxylic acids is 1. The van der Waals surface area contributed by atoms with Crippen LogP contribution in [0.15, 0.2) is 67.1 Å². The number of nitrogens with one attached hydrogen (secondary N) is 2. The van der Waals surface area contributed by atoms with Crippen LogP contribution >= 0.6 is 11.6 Å². The van der Waals surface area contributed by atoms with Crippen molar-refractivity contribution in [3.05, 3.63) is 88.8 Å². The van der Waals surface area contributed by atoms with Gasteiger partial charge in [-0.05, 0) is 88.7 Å². The zero-order valence-electron chi connectivity index (χ0n) is 22.5. The van der Waals surface area contributed by atoms with E-state index in [1.54, 1.807) is 48.6 Å². The first kappa shape index (κ1) is 28.8. The highest BCUT2D eigenvalue weighted by molar-refractivity contribution is 6.32. The molecule has 1 amide bonds. The Labute approximate surface area is 230 Å². The summed E-state index contributed by atoms with van der Waals surface area (Å²) in [6.45, 7) is 12.4. The molecule has 0 aliphatic carbocycles. The molecule has 7 nitrogen and oxygen atoms in total. The molecule has 4 N–H and O–H groups in total. The molecular formula is C30H35ClN4O3. The summed E-state index contributed by atoms with van der Waals surface area (Å²) in [6, 6.07) is 12.3. The van der Waals surface area contributed by atoms with E-state index in [0.29, 0.717) is 34.0 Å². The molecule has 0 radical (unpaired) electrons.